The number of aromatic nitrogens is 2. The van der Waals surface area contributed by atoms with Crippen LogP contribution in [0.3, 0.4) is 0 Å². The molecule has 0 saturated heterocycles. The second-order valence-corrected chi connectivity index (χ2v) is 6.88. The third kappa shape index (κ3) is 4.05. The molecule has 2 aromatic heterocycles. The predicted octanol–water partition coefficient (Wildman–Crippen LogP) is 4.40. The maximum absolute atomic E-state index is 5.85. The molecule has 0 bridgehead atoms. The first-order chi connectivity index (χ1) is 12.6. The Labute approximate surface area is 157 Å². The van der Waals surface area contributed by atoms with Crippen LogP contribution >= 0.6 is 11.3 Å². The molecule has 0 aliphatic heterocycles. The lowest BCUT2D eigenvalue weighted by molar-refractivity contribution is 0.217. The molecule has 1 aromatic carbocycles. The van der Waals surface area contributed by atoms with Gasteiger partial charge in [0.15, 0.2) is 11.5 Å². The molecule has 1 unspecified atom stereocenters. The van der Waals surface area contributed by atoms with E-state index in [4.69, 9.17) is 13.9 Å². The van der Waals surface area contributed by atoms with Gasteiger partial charge in [-0.2, -0.15) is 0 Å². The van der Waals surface area contributed by atoms with Crippen LogP contribution in [0.4, 0.5) is 0 Å². The minimum Gasteiger partial charge on any atom is -0.493 e. The van der Waals surface area contributed by atoms with E-state index in [-0.39, 0.29) is 6.04 Å². The molecule has 138 valence electrons. The summed E-state index contributed by atoms with van der Waals surface area (Å²) in [4.78, 5) is 3.13. The van der Waals surface area contributed by atoms with E-state index in [0.717, 1.165) is 28.5 Å². The van der Waals surface area contributed by atoms with Crippen molar-refractivity contribution >= 4 is 11.3 Å². The highest BCUT2D eigenvalue weighted by Gasteiger charge is 2.20. The Morgan fingerprint density at radius 1 is 1.23 bits per heavy atom. The number of ether oxygens (including phenoxy) is 2. The average molecular weight is 373 g/mol. The van der Waals surface area contributed by atoms with Gasteiger partial charge in [-0.25, -0.2) is 0 Å². The number of methoxy groups -OCH3 is 1. The predicted molar refractivity (Wildman–Crippen MR) is 102 cm³/mol. The molecule has 6 nitrogen and oxygen atoms in total. The maximum atomic E-state index is 5.85. The molecule has 7 heteroatoms. The summed E-state index contributed by atoms with van der Waals surface area (Å²) >= 11 is 1.59. The third-order valence-electron chi connectivity index (χ3n) is 4.15. The van der Waals surface area contributed by atoms with Gasteiger partial charge in [-0.1, -0.05) is 12.1 Å². The van der Waals surface area contributed by atoms with Crippen LogP contribution in [-0.2, 0) is 6.54 Å². The fourth-order valence-corrected chi connectivity index (χ4v) is 3.25. The first-order valence-electron chi connectivity index (χ1n) is 8.49. The Balaban J connectivity index is 1.70. The standard InChI is InChI=1S/C19H23N3O3S/c1-5-24-15-9-8-14(11-16(15)23-4)12-22(3)13(2)18-20-21-19(25-18)17-7-6-10-26-17/h6-11,13H,5,12H2,1-4H3. The summed E-state index contributed by atoms with van der Waals surface area (Å²) < 4.78 is 16.8. The zero-order valence-electron chi connectivity index (χ0n) is 15.4. The van der Waals surface area contributed by atoms with Crippen molar-refractivity contribution < 1.29 is 13.9 Å². The summed E-state index contributed by atoms with van der Waals surface area (Å²) in [5, 5.41) is 10.4. The van der Waals surface area contributed by atoms with Gasteiger partial charge in [0.25, 0.3) is 5.89 Å². The van der Waals surface area contributed by atoms with Crippen LogP contribution < -0.4 is 9.47 Å². The first kappa shape index (κ1) is 18.4. The van der Waals surface area contributed by atoms with Crippen molar-refractivity contribution in [1.82, 2.24) is 15.1 Å². The molecule has 3 rings (SSSR count). The Kier molecular flexibility index (Phi) is 5.90. The molecule has 2 heterocycles. The van der Waals surface area contributed by atoms with Crippen molar-refractivity contribution in [2.24, 2.45) is 0 Å². The smallest absolute Gasteiger partial charge is 0.257 e. The number of hydrogen-bond donors (Lipinski definition) is 0. The highest BCUT2D eigenvalue weighted by molar-refractivity contribution is 7.13. The average Bonchev–Trinajstić information content (AvgIpc) is 3.33. The van der Waals surface area contributed by atoms with Crippen molar-refractivity contribution in [1.29, 1.82) is 0 Å². The molecular formula is C19H23N3O3S. The summed E-state index contributed by atoms with van der Waals surface area (Å²) in [6.07, 6.45) is 0. The van der Waals surface area contributed by atoms with Gasteiger partial charge in [-0.05, 0) is 50.0 Å². The highest BCUT2D eigenvalue weighted by Crippen LogP contribution is 2.30. The molecule has 0 N–H and O–H groups in total. The van der Waals surface area contributed by atoms with E-state index >= 15 is 0 Å². The first-order valence-corrected chi connectivity index (χ1v) is 9.37. The van der Waals surface area contributed by atoms with Crippen molar-refractivity contribution in [2.45, 2.75) is 26.4 Å². The summed E-state index contributed by atoms with van der Waals surface area (Å²) in [5.41, 5.74) is 1.12. The van der Waals surface area contributed by atoms with Gasteiger partial charge >= 0.3 is 0 Å². The molecule has 0 amide bonds. The Morgan fingerprint density at radius 3 is 2.77 bits per heavy atom. The Bertz CT molecular complexity index is 832. The Hall–Kier alpha value is -2.38. The van der Waals surface area contributed by atoms with Crippen LogP contribution in [0.2, 0.25) is 0 Å². The number of hydrogen-bond acceptors (Lipinski definition) is 7. The van der Waals surface area contributed by atoms with Crippen LogP contribution in [0.25, 0.3) is 10.8 Å². The second-order valence-electron chi connectivity index (χ2n) is 5.93. The minimum atomic E-state index is -0.00576. The van der Waals surface area contributed by atoms with Crippen LogP contribution in [0.5, 0.6) is 11.5 Å². The summed E-state index contributed by atoms with van der Waals surface area (Å²) in [5.74, 6) is 2.67. The molecule has 0 aliphatic carbocycles. The minimum absolute atomic E-state index is 0.00576. The molecule has 26 heavy (non-hydrogen) atoms. The quantitative estimate of drug-likeness (QED) is 0.583. The molecule has 0 aliphatic rings. The lowest BCUT2D eigenvalue weighted by Crippen LogP contribution is -2.22. The fraction of sp³-hybridized carbons (Fsp3) is 0.368. The summed E-state index contributed by atoms with van der Waals surface area (Å²) in [7, 11) is 3.68. The van der Waals surface area contributed by atoms with Gasteiger partial charge in [0.2, 0.25) is 5.89 Å². The van der Waals surface area contributed by atoms with E-state index in [2.05, 4.69) is 22.0 Å². The SMILES string of the molecule is CCOc1ccc(CN(C)C(C)c2nnc(-c3cccs3)o2)cc1OC. The van der Waals surface area contributed by atoms with Gasteiger partial charge in [-0.15, -0.1) is 21.5 Å². The molecule has 1 atom stereocenters. The fourth-order valence-electron chi connectivity index (χ4n) is 2.60. The Morgan fingerprint density at radius 2 is 2.08 bits per heavy atom. The van der Waals surface area contributed by atoms with E-state index in [1.54, 1.807) is 18.4 Å². The zero-order valence-corrected chi connectivity index (χ0v) is 16.2. The van der Waals surface area contributed by atoms with E-state index in [0.29, 0.717) is 18.4 Å². The van der Waals surface area contributed by atoms with Gasteiger partial charge in [0.1, 0.15) is 0 Å². The van der Waals surface area contributed by atoms with Gasteiger partial charge in [-0.3, -0.25) is 4.90 Å². The summed E-state index contributed by atoms with van der Waals surface area (Å²) in [6.45, 7) is 5.34. The lowest BCUT2D eigenvalue weighted by Gasteiger charge is -2.22. The number of rotatable bonds is 8. The van der Waals surface area contributed by atoms with Crippen LogP contribution in [0.15, 0.2) is 40.1 Å². The van der Waals surface area contributed by atoms with Gasteiger partial charge in [0.05, 0.1) is 24.6 Å². The summed E-state index contributed by atoms with van der Waals surface area (Å²) in [6, 6.07) is 9.92. The van der Waals surface area contributed by atoms with Crippen LogP contribution in [-0.4, -0.2) is 35.9 Å². The molecule has 0 spiro atoms. The van der Waals surface area contributed by atoms with E-state index in [9.17, 15) is 0 Å². The molecular weight excluding hydrogens is 350 g/mol. The number of thiophene rings is 1. The lowest BCUT2D eigenvalue weighted by atomic mass is 10.1. The van der Waals surface area contributed by atoms with Gasteiger partial charge < -0.3 is 13.9 Å². The van der Waals surface area contributed by atoms with Crippen molar-refractivity contribution in [2.75, 3.05) is 20.8 Å². The normalized spacial score (nSPS) is 12.3. The van der Waals surface area contributed by atoms with Crippen LogP contribution in [0.1, 0.15) is 31.3 Å². The molecule has 0 radical (unpaired) electrons. The van der Waals surface area contributed by atoms with E-state index < -0.39 is 0 Å². The largest absolute Gasteiger partial charge is 0.493 e. The molecule has 0 saturated carbocycles. The van der Waals surface area contributed by atoms with E-state index in [1.165, 1.54) is 0 Å². The second kappa shape index (κ2) is 8.33. The van der Waals surface area contributed by atoms with Gasteiger partial charge in [0, 0.05) is 6.54 Å². The van der Waals surface area contributed by atoms with Crippen molar-refractivity contribution in [3.05, 3.63) is 47.2 Å². The third-order valence-corrected chi connectivity index (χ3v) is 5.01. The molecule has 0 fully saturated rings. The maximum Gasteiger partial charge on any atom is 0.257 e. The number of nitrogens with zero attached hydrogens (tertiary/aromatic N) is 3. The monoisotopic (exact) mass is 373 g/mol. The van der Waals surface area contributed by atoms with Crippen molar-refractivity contribution in [3.63, 3.8) is 0 Å². The zero-order chi connectivity index (χ0) is 18.5. The topological polar surface area (TPSA) is 60.6 Å². The van der Waals surface area contributed by atoms with Crippen molar-refractivity contribution in [3.8, 4) is 22.3 Å². The highest BCUT2D eigenvalue weighted by atomic mass is 32.1. The van der Waals surface area contributed by atoms with Crippen LogP contribution in [0, 0.1) is 0 Å². The van der Waals surface area contributed by atoms with E-state index in [1.807, 2.05) is 49.7 Å². The molecule has 3 aromatic rings. The number of benzene rings is 1.